The molecule has 14 heavy (non-hydrogen) atoms. The summed E-state index contributed by atoms with van der Waals surface area (Å²) in [6.45, 7) is 2.68. The second-order valence-electron chi connectivity index (χ2n) is 3.14. The Morgan fingerprint density at radius 3 is 3.00 bits per heavy atom. The number of rotatable bonds is 2. The summed E-state index contributed by atoms with van der Waals surface area (Å²) in [4.78, 5) is 11.9. The van der Waals surface area contributed by atoms with Crippen molar-refractivity contribution in [1.82, 2.24) is 20.3 Å². The number of H-pyrrole nitrogens is 1. The molecule has 0 bridgehead atoms. The second kappa shape index (κ2) is 3.67. The second-order valence-corrected chi connectivity index (χ2v) is 3.99. The first-order chi connectivity index (χ1) is 6.70. The Hall–Kier alpha value is -0.940. The molecule has 0 aliphatic rings. The fourth-order valence-electron chi connectivity index (χ4n) is 1.31. The van der Waals surface area contributed by atoms with Gasteiger partial charge in [0.15, 0.2) is 5.65 Å². The molecule has 0 amide bonds. The molecule has 0 aliphatic heterocycles. The van der Waals surface area contributed by atoms with Crippen molar-refractivity contribution in [3.05, 3.63) is 22.1 Å². The quantitative estimate of drug-likeness (QED) is 0.859. The molecule has 0 atom stereocenters. The van der Waals surface area contributed by atoms with E-state index in [0.717, 1.165) is 33.7 Å². The molecule has 4 nitrogen and oxygen atoms in total. The van der Waals surface area contributed by atoms with Gasteiger partial charge in [0.25, 0.3) is 0 Å². The normalized spacial score (nSPS) is 11.1. The summed E-state index contributed by atoms with van der Waals surface area (Å²) in [5.41, 5.74) is 2.70. The molecule has 2 heterocycles. The van der Waals surface area contributed by atoms with E-state index in [9.17, 15) is 0 Å². The zero-order chi connectivity index (χ0) is 10.1. The summed E-state index contributed by atoms with van der Waals surface area (Å²) >= 11 is 3.44. The highest BCUT2D eigenvalue weighted by Gasteiger charge is 2.05. The predicted molar refractivity (Wildman–Crippen MR) is 59.1 cm³/mol. The van der Waals surface area contributed by atoms with Crippen LogP contribution in [0.3, 0.4) is 0 Å². The number of fused-ring (bicyclic) bond motifs is 1. The molecule has 2 aromatic heterocycles. The number of nitrogens with zero attached hydrogens (tertiary/aromatic N) is 2. The summed E-state index contributed by atoms with van der Waals surface area (Å²) in [6, 6.07) is 2.00. The first-order valence-corrected chi connectivity index (χ1v) is 5.16. The van der Waals surface area contributed by atoms with E-state index in [1.807, 2.05) is 20.0 Å². The lowest BCUT2D eigenvalue weighted by Gasteiger charge is -1.94. The lowest BCUT2D eigenvalue weighted by atomic mass is 10.3. The van der Waals surface area contributed by atoms with E-state index < -0.39 is 0 Å². The highest BCUT2D eigenvalue weighted by atomic mass is 79.9. The number of imidazole rings is 1. The Bertz CT molecular complexity index is 424. The van der Waals surface area contributed by atoms with Crippen molar-refractivity contribution in [3.8, 4) is 0 Å². The van der Waals surface area contributed by atoms with Crippen molar-refractivity contribution in [2.45, 2.75) is 13.5 Å². The summed E-state index contributed by atoms with van der Waals surface area (Å²) in [6.07, 6.45) is 0. The van der Waals surface area contributed by atoms with Gasteiger partial charge in [-0.05, 0) is 36.0 Å². The first kappa shape index (κ1) is 9.61. The zero-order valence-corrected chi connectivity index (χ0v) is 9.64. The van der Waals surface area contributed by atoms with Gasteiger partial charge in [0.1, 0.15) is 5.82 Å². The number of nitrogens with one attached hydrogen (secondary N) is 2. The van der Waals surface area contributed by atoms with Crippen LogP contribution in [-0.4, -0.2) is 22.0 Å². The molecule has 0 radical (unpaired) electrons. The molecular formula is C9H11BrN4. The number of pyridine rings is 1. The monoisotopic (exact) mass is 254 g/mol. The van der Waals surface area contributed by atoms with Gasteiger partial charge < -0.3 is 10.3 Å². The van der Waals surface area contributed by atoms with E-state index >= 15 is 0 Å². The molecule has 2 N–H and O–H groups in total. The average Bonchev–Trinajstić information content (AvgIpc) is 2.48. The van der Waals surface area contributed by atoms with E-state index in [0.29, 0.717) is 0 Å². The van der Waals surface area contributed by atoms with Gasteiger partial charge in [-0.3, -0.25) is 0 Å². The van der Waals surface area contributed by atoms with Gasteiger partial charge in [0.2, 0.25) is 0 Å². The van der Waals surface area contributed by atoms with Crippen molar-refractivity contribution < 1.29 is 0 Å². The predicted octanol–water partition coefficient (Wildman–Crippen LogP) is 1.75. The molecule has 0 saturated heterocycles. The number of aromatic amines is 1. The van der Waals surface area contributed by atoms with Crippen LogP contribution in [0.1, 0.15) is 11.5 Å². The first-order valence-electron chi connectivity index (χ1n) is 4.37. The van der Waals surface area contributed by atoms with Gasteiger partial charge in [-0.15, -0.1) is 0 Å². The Morgan fingerprint density at radius 2 is 2.29 bits per heavy atom. The molecule has 0 spiro atoms. The third-order valence-corrected chi connectivity index (χ3v) is 2.80. The molecule has 0 aromatic carbocycles. The van der Waals surface area contributed by atoms with Crippen LogP contribution in [0.5, 0.6) is 0 Å². The molecular weight excluding hydrogens is 244 g/mol. The molecule has 0 saturated carbocycles. The van der Waals surface area contributed by atoms with Gasteiger partial charge in [0, 0.05) is 4.47 Å². The zero-order valence-electron chi connectivity index (χ0n) is 8.06. The Morgan fingerprint density at radius 1 is 1.50 bits per heavy atom. The van der Waals surface area contributed by atoms with Crippen LogP contribution in [-0.2, 0) is 6.54 Å². The SMILES string of the molecule is CNCc1nc2nc(C)c(Br)cc2[nH]1. The number of halogens is 1. The van der Waals surface area contributed by atoms with Crippen LogP contribution >= 0.6 is 15.9 Å². The van der Waals surface area contributed by atoms with Gasteiger partial charge in [-0.2, -0.15) is 0 Å². The summed E-state index contributed by atoms with van der Waals surface area (Å²) < 4.78 is 1.00. The van der Waals surface area contributed by atoms with Crippen molar-refractivity contribution in [2.75, 3.05) is 7.05 Å². The lowest BCUT2D eigenvalue weighted by Crippen LogP contribution is -2.06. The van der Waals surface area contributed by atoms with Crippen molar-refractivity contribution in [3.63, 3.8) is 0 Å². The van der Waals surface area contributed by atoms with E-state index in [1.165, 1.54) is 0 Å². The highest BCUT2D eigenvalue weighted by molar-refractivity contribution is 9.10. The van der Waals surface area contributed by atoms with Crippen molar-refractivity contribution >= 4 is 27.1 Å². The Labute approximate surface area is 90.3 Å². The fourth-order valence-corrected chi connectivity index (χ4v) is 1.63. The lowest BCUT2D eigenvalue weighted by molar-refractivity contribution is 0.774. The van der Waals surface area contributed by atoms with E-state index in [4.69, 9.17) is 0 Å². The van der Waals surface area contributed by atoms with Crippen LogP contribution in [0.25, 0.3) is 11.2 Å². The summed E-state index contributed by atoms with van der Waals surface area (Å²) in [7, 11) is 1.89. The van der Waals surface area contributed by atoms with Crippen LogP contribution in [0.4, 0.5) is 0 Å². The summed E-state index contributed by atoms with van der Waals surface area (Å²) in [5, 5.41) is 3.04. The maximum atomic E-state index is 4.36. The number of aryl methyl sites for hydroxylation is 1. The van der Waals surface area contributed by atoms with Crippen molar-refractivity contribution in [1.29, 1.82) is 0 Å². The number of hydrogen-bond donors (Lipinski definition) is 2. The molecule has 74 valence electrons. The molecule has 2 aromatic rings. The maximum absolute atomic E-state index is 4.36. The number of aromatic nitrogens is 3. The highest BCUT2D eigenvalue weighted by Crippen LogP contribution is 2.19. The molecule has 0 unspecified atom stereocenters. The summed E-state index contributed by atoms with van der Waals surface area (Å²) in [5.74, 6) is 0.910. The van der Waals surface area contributed by atoms with E-state index in [-0.39, 0.29) is 0 Å². The molecule has 0 fully saturated rings. The van der Waals surface area contributed by atoms with Crippen LogP contribution in [0, 0.1) is 6.92 Å². The molecule has 2 rings (SSSR count). The largest absolute Gasteiger partial charge is 0.339 e. The van der Waals surface area contributed by atoms with Gasteiger partial charge in [-0.1, -0.05) is 0 Å². The smallest absolute Gasteiger partial charge is 0.178 e. The van der Waals surface area contributed by atoms with Crippen LogP contribution in [0.2, 0.25) is 0 Å². The van der Waals surface area contributed by atoms with Crippen LogP contribution < -0.4 is 5.32 Å². The maximum Gasteiger partial charge on any atom is 0.178 e. The van der Waals surface area contributed by atoms with Crippen LogP contribution in [0.15, 0.2) is 10.5 Å². The standard InChI is InChI=1S/C9H11BrN4/c1-5-6(10)3-7-9(12-5)14-8(13-7)4-11-2/h3,11H,4H2,1-2H3,(H,12,13,14). The Balaban J connectivity index is 2.54. The Kier molecular flexibility index (Phi) is 2.52. The number of hydrogen-bond acceptors (Lipinski definition) is 3. The average molecular weight is 255 g/mol. The topological polar surface area (TPSA) is 53.6 Å². The van der Waals surface area contributed by atoms with Gasteiger partial charge in [-0.25, -0.2) is 9.97 Å². The third-order valence-electron chi connectivity index (χ3n) is 2.00. The third kappa shape index (κ3) is 1.65. The fraction of sp³-hybridized carbons (Fsp3) is 0.333. The molecule has 5 heteroatoms. The minimum atomic E-state index is 0.729. The molecule has 0 aliphatic carbocycles. The minimum absolute atomic E-state index is 0.729. The van der Waals surface area contributed by atoms with Gasteiger partial charge in [0.05, 0.1) is 17.8 Å². The van der Waals surface area contributed by atoms with E-state index in [2.05, 4.69) is 36.2 Å². The van der Waals surface area contributed by atoms with Crippen molar-refractivity contribution in [2.24, 2.45) is 0 Å². The van der Waals surface area contributed by atoms with Gasteiger partial charge >= 0.3 is 0 Å². The minimum Gasteiger partial charge on any atom is -0.339 e. The van der Waals surface area contributed by atoms with E-state index in [1.54, 1.807) is 0 Å².